The van der Waals surface area contributed by atoms with Crippen LogP contribution < -0.4 is 0 Å². The number of benzene rings is 2. The summed E-state index contributed by atoms with van der Waals surface area (Å²) in [6.45, 7) is 6.59. The molecule has 0 aliphatic carbocycles. The van der Waals surface area contributed by atoms with Gasteiger partial charge in [0.2, 0.25) is 0 Å². The van der Waals surface area contributed by atoms with Gasteiger partial charge in [-0.1, -0.05) is 24.3 Å². The summed E-state index contributed by atoms with van der Waals surface area (Å²) in [5.41, 5.74) is 3.96. The van der Waals surface area contributed by atoms with Crippen LogP contribution in [0, 0.1) is 6.92 Å². The molecule has 1 aromatic heterocycles. The first-order chi connectivity index (χ1) is 14.9. The fraction of sp³-hybridized carbons (Fsp3) is 0.125. The maximum Gasteiger partial charge on any atom is 0.335 e. The number of hydrogen-bond acceptors (Lipinski definition) is 4. The minimum atomic E-state index is -0.988. The van der Waals surface area contributed by atoms with Gasteiger partial charge in [-0.25, -0.2) is 9.79 Å². The highest BCUT2D eigenvalue weighted by atomic mass is 32.2. The molecule has 0 radical (unpaired) electrons. The summed E-state index contributed by atoms with van der Waals surface area (Å²) >= 11 is 1.31. The van der Waals surface area contributed by atoms with Crippen LogP contribution in [0.1, 0.15) is 21.6 Å². The second-order valence-electron chi connectivity index (χ2n) is 7.14. The first-order valence-electron chi connectivity index (χ1n) is 9.69. The highest BCUT2D eigenvalue weighted by Gasteiger charge is 2.31. The van der Waals surface area contributed by atoms with Crippen LogP contribution >= 0.6 is 11.8 Å². The predicted molar refractivity (Wildman–Crippen MR) is 126 cm³/mol. The number of thioether (sulfide) groups is 1. The molecular weight excluding hydrogens is 410 g/mol. The Morgan fingerprint density at radius 2 is 1.90 bits per heavy atom. The molecule has 4 rings (SSSR count). The Hall–Kier alpha value is -3.58. The van der Waals surface area contributed by atoms with Crippen LogP contribution in [0.15, 0.2) is 71.1 Å². The lowest BCUT2D eigenvalue weighted by Crippen LogP contribution is -2.23. The van der Waals surface area contributed by atoms with Gasteiger partial charge in [-0.05, 0) is 55.1 Å². The Kier molecular flexibility index (Phi) is 5.52. The van der Waals surface area contributed by atoms with Crippen molar-refractivity contribution in [3.63, 3.8) is 0 Å². The van der Waals surface area contributed by atoms with Crippen LogP contribution in [-0.2, 0) is 11.3 Å². The highest BCUT2D eigenvalue weighted by molar-refractivity contribution is 8.18. The Labute approximate surface area is 184 Å². The zero-order valence-corrected chi connectivity index (χ0v) is 18.0. The maximum absolute atomic E-state index is 12.9. The number of carboxylic acids is 1. The van der Waals surface area contributed by atoms with Gasteiger partial charge in [0.1, 0.15) is 0 Å². The van der Waals surface area contributed by atoms with Crippen LogP contribution in [0.3, 0.4) is 0 Å². The molecule has 1 N–H and O–H groups in total. The number of carboxylic acid groups (broad SMARTS) is 1. The van der Waals surface area contributed by atoms with E-state index in [0.29, 0.717) is 22.3 Å². The van der Waals surface area contributed by atoms with Gasteiger partial charge in [-0.2, -0.15) is 0 Å². The number of para-hydroxylation sites is 1. The smallest absolute Gasteiger partial charge is 0.335 e. The third-order valence-corrected chi connectivity index (χ3v) is 6.27. The number of likely N-dealkylation sites (N-methyl/N-ethyl adjacent to an activating group) is 1. The Balaban J connectivity index is 1.72. The third kappa shape index (κ3) is 3.80. The summed E-state index contributed by atoms with van der Waals surface area (Å²) in [5, 5.41) is 10.7. The monoisotopic (exact) mass is 431 g/mol. The van der Waals surface area contributed by atoms with E-state index < -0.39 is 5.97 Å². The lowest BCUT2D eigenvalue weighted by molar-refractivity contribution is -0.121. The Morgan fingerprint density at radius 1 is 1.19 bits per heavy atom. The number of aromatic carboxylic acids is 1. The molecule has 156 valence electrons. The molecule has 2 aromatic carbocycles. The van der Waals surface area contributed by atoms with Crippen molar-refractivity contribution < 1.29 is 14.7 Å². The second-order valence-corrected chi connectivity index (χ2v) is 8.15. The van der Waals surface area contributed by atoms with Gasteiger partial charge < -0.3 is 9.67 Å². The molecule has 1 aliphatic rings. The summed E-state index contributed by atoms with van der Waals surface area (Å²) in [7, 11) is 1.69. The topological polar surface area (TPSA) is 74.9 Å². The van der Waals surface area contributed by atoms with Gasteiger partial charge in [0.15, 0.2) is 5.17 Å². The zero-order chi connectivity index (χ0) is 22.1. The van der Waals surface area contributed by atoms with Gasteiger partial charge in [-0.3, -0.25) is 9.69 Å². The number of allylic oxidation sites excluding steroid dienone is 1. The molecule has 0 saturated carbocycles. The largest absolute Gasteiger partial charge is 0.478 e. The number of carbonyl (C=O) groups excluding carboxylic acids is 1. The van der Waals surface area contributed by atoms with E-state index >= 15 is 0 Å². The van der Waals surface area contributed by atoms with Crippen molar-refractivity contribution in [2.24, 2.45) is 4.99 Å². The number of aromatic nitrogens is 1. The van der Waals surface area contributed by atoms with Crippen LogP contribution in [0.4, 0.5) is 5.69 Å². The zero-order valence-electron chi connectivity index (χ0n) is 17.2. The third-order valence-electron chi connectivity index (χ3n) is 5.21. The molecule has 0 unspecified atom stereocenters. The molecule has 0 bridgehead atoms. The van der Waals surface area contributed by atoms with Crippen molar-refractivity contribution >= 4 is 51.5 Å². The quantitative estimate of drug-likeness (QED) is 0.452. The normalized spacial score (nSPS) is 16.6. The number of fused-ring (bicyclic) bond motifs is 1. The van der Waals surface area contributed by atoms with Crippen molar-refractivity contribution in [2.45, 2.75) is 13.5 Å². The van der Waals surface area contributed by atoms with E-state index in [-0.39, 0.29) is 11.5 Å². The van der Waals surface area contributed by atoms with Crippen molar-refractivity contribution in [1.82, 2.24) is 9.47 Å². The van der Waals surface area contributed by atoms with Crippen molar-refractivity contribution in [3.8, 4) is 0 Å². The molecule has 3 aromatic rings. The van der Waals surface area contributed by atoms with E-state index in [1.807, 2.05) is 31.2 Å². The predicted octanol–water partition coefficient (Wildman–Crippen LogP) is 5.07. The molecule has 0 spiro atoms. The first-order valence-corrected chi connectivity index (χ1v) is 10.5. The minimum absolute atomic E-state index is 0.120. The summed E-state index contributed by atoms with van der Waals surface area (Å²) in [5.74, 6) is -1.11. The van der Waals surface area contributed by atoms with Crippen LogP contribution in [0.25, 0.3) is 17.0 Å². The number of amidine groups is 1. The molecule has 1 fully saturated rings. The van der Waals surface area contributed by atoms with E-state index in [1.54, 1.807) is 19.2 Å². The van der Waals surface area contributed by atoms with Gasteiger partial charge in [0.05, 0.1) is 16.2 Å². The SMILES string of the molecule is C=CCn1c(C)c(/C=C2\SC(=Nc3ccc(C(=O)O)cc3)N(C)C2=O)c2ccccc21. The number of amides is 1. The molecule has 1 amide bonds. The summed E-state index contributed by atoms with van der Waals surface area (Å²) < 4.78 is 2.18. The summed E-state index contributed by atoms with van der Waals surface area (Å²) in [6.07, 6.45) is 3.79. The molecule has 31 heavy (non-hydrogen) atoms. The van der Waals surface area contributed by atoms with Crippen LogP contribution in [0.2, 0.25) is 0 Å². The lowest BCUT2D eigenvalue weighted by Gasteiger charge is -2.07. The minimum Gasteiger partial charge on any atom is -0.478 e. The molecule has 6 nitrogen and oxygen atoms in total. The molecule has 2 heterocycles. The van der Waals surface area contributed by atoms with Crippen LogP contribution in [0.5, 0.6) is 0 Å². The second kappa shape index (κ2) is 8.28. The average molecular weight is 432 g/mol. The number of rotatable bonds is 5. The Bertz CT molecular complexity index is 1270. The number of hydrogen-bond donors (Lipinski definition) is 1. The van der Waals surface area contributed by atoms with Gasteiger partial charge in [0.25, 0.3) is 5.91 Å². The van der Waals surface area contributed by atoms with Crippen molar-refractivity contribution in [3.05, 3.63) is 82.9 Å². The maximum atomic E-state index is 12.9. The summed E-state index contributed by atoms with van der Waals surface area (Å²) in [4.78, 5) is 30.6. The first kappa shape index (κ1) is 20.7. The summed E-state index contributed by atoms with van der Waals surface area (Å²) in [6, 6.07) is 14.4. The molecule has 1 saturated heterocycles. The molecule has 0 atom stereocenters. The van der Waals surface area contributed by atoms with Crippen LogP contribution in [-0.4, -0.2) is 38.7 Å². The van der Waals surface area contributed by atoms with Gasteiger partial charge >= 0.3 is 5.97 Å². The number of nitrogens with zero attached hydrogens (tertiary/aromatic N) is 3. The van der Waals surface area contributed by atoms with Gasteiger partial charge in [0, 0.05) is 35.8 Å². The average Bonchev–Trinajstić information content (AvgIpc) is 3.18. The lowest BCUT2D eigenvalue weighted by atomic mass is 10.1. The number of carbonyl (C=O) groups is 2. The van der Waals surface area contributed by atoms with Gasteiger partial charge in [-0.15, -0.1) is 6.58 Å². The standard InChI is InChI=1S/C24H21N3O3S/c1-4-13-27-15(2)19(18-7-5-6-8-20(18)27)14-21-22(28)26(3)24(31-21)25-17-11-9-16(10-12-17)23(29)30/h4-12,14H,1,13H2,2-3H3,(H,29,30)/b21-14-,25-24?. The molecular formula is C24H21N3O3S. The number of aliphatic imine (C=N–C) groups is 1. The fourth-order valence-electron chi connectivity index (χ4n) is 3.58. The fourth-order valence-corrected chi connectivity index (χ4v) is 4.54. The molecule has 1 aliphatic heterocycles. The Morgan fingerprint density at radius 3 is 2.58 bits per heavy atom. The van der Waals surface area contributed by atoms with E-state index in [1.165, 1.54) is 28.8 Å². The van der Waals surface area contributed by atoms with Crippen molar-refractivity contribution in [1.29, 1.82) is 0 Å². The highest BCUT2D eigenvalue weighted by Crippen LogP contribution is 2.36. The van der Waals surface area contributed by atoms with Crippen molar-refractivity contribution in [2.75, 3.05) is 7.05 Å². The van der Waals surface area contributed by atoms with E-state index in [2.05, 4.69) is 28.3 Å². The van der Waals surface area contributed by atoms with E-state index in [9.17, 15) is 9.59 Å². The van der Waals surface area contributed by atoms with E-state index in [4.69, 9.17) is 5.11 Å². The molecule has 7 heteroatoms. The van der Waals surface area contributed by atoms with E-state index in [0.717, 1.165) is 22.2 Å².